The number of fused-ring (bicyclic) bond motifs is 2. The number of carbonyl (C=O) groups excluding carboxylic acids is 1. The number of aromatic hydroxyl groups is 1. The highest BCUT2D eigenvalue weighted by Crippen LogP contribution is 2.40. The van der Waals surface area contributed by atoms with Crippen molar-refractivity contribution in [3.05, 3.63) is 83.2 Å². The number of rotatable bonds is 4. The predicted octanol–water partition coefficient (Wildman–Crippen LogP) is 3.96. The molecule has 0 aliphatic carbocycles. The summed E-state index contributed by atoms with van der Waals surface area (Å²) in [5.74, 6) is 0.671. The fourth-order valence-electron chi connectivity index (χ4n) is 4.60. The Morgan fingerprint density at radius 2 is 1.88 bits per heavy atom. The molecular formula is C27H24N4O3. The zero-order chi connectivity index (χ0) is 23.1. The molecule has 0 spiro atoms. The van der Waals surface area contributed by atoms with E-state index in [0.29, 0.717) is 23.4 Å². The summed E-state index contributed by atoms with van der Waals surface area (Å²) >= 11 is 0. The Kier molecular flexibility index (Phi) is 5.13. The summed E-state index contributed by atoms with van der Waals surface area (Å²) in [7, 11) is 0. The number of Topliss-reactive ketones (excluding diaryl/α,β-unsaturated/α-hetero) is 1. The van der Waals surface area contributed by atoms with Gasteiger partial charge in [0.2, 0.25) is 5.78 Å². The Bertz CT molecular complexity index is 1420. The molecule has 34 heavy (non-hydrogen) atoms. The molecule has 0 amide bonds. The van der Waals surface area contributed by atoms with Crippen molar-refractivity contribution in [2.45, 2.75) is 6.54 Å². The number of phenolic OH excluding ortho intramolecular Hbond substituents is 1. The highest BCUT2D eigenvalue weighted by Gasteiger charge is 2.32. The van der Waals surface area contributed by atoms with Crippen LogP contribution in [0.3, 0.4) is 0 Å². The van der Waals surface area contributed by atoms with Crippen molar-refractivity contribution in [2.24, 2.45) is 0 Å². The Hall–Kier alpha value is -3.94. The molecule has 2 aliphatic heterocycles. The van der Waals surface area contributed by atoms with Crippen LogP contribution in [-0.2, 0) is 6.54 Å². The molecule has 7 heteroatoms. The van der Waals surface area contributed by atoms with Gasteiger partial charge >= 0.3 is 0 Å². The van der Waals surface area contributed by atoms with Crippen molar-refractivity contribution in [1.29, 1.82) is 0 Å². The minimum atomic E-state index is -0.181. The van der Waals surface area contributed by atoms with Crippen LogP contribution in [0, 0.1) is 0 Å². The van der Waals surface area contributed by atoms with Crippen LogP contribution in [0.2, 0.25) is 0 Å². The largest absolute Gasteiger partial charge is 0.507 e. The number of benzene rings is 2. The number of allylic oxidation sites excluding steroid dienone is 1. The molecule has 2 aromatic carbocycles. The van der Waals surface area contributed by atoms with Gasteiger partial charge in [-0.3, -0.25) is 9.69 Å². The third-order valence-corrected chi connectivity index (χ3v) is 6.43. The molecule has 2 aromatic heterocycles. The van der Waals surface area contributed by atoms with Crippen LogP contribution >= 0.6 is 0 Å². The first kappa shape index (κ1) is 20.7. The van der Waals surface area contributed by atoms with E-state index in [9.17, 15) is 9.90 Å². The Balaban J connectivity index is 1.32. The zero-order valence-corrected chi connectivity index (χ0v) is 18.5. The number of nitrogens with zero attached hydrogens (tertiary/aromatic N) is 2. The molecule has 6 rings (SSSR count). The van der Waals surface area contributed by atoms with E-state index in [-0.39, 0.29) is 17.3 Å². The van der Waals surface area contributed by atoms with Gasteiger partial charge in [0.15, 0.2) is 5.76 Å². The number of phenols is 1. The summed E-state index contributed by atoms with van der Waals surface area (Å²) in [5.41, 5.74) is 4.63. The lowest BCUT2D eigenvalue weighted by molar-refractivity contribution is 0.101. The van der Waals surface area contributed by atoms with Crippen molar-refractivity contribution >= 4 is 22.9 Å². The van der Waals surface area contributed by atoms with Gasteiger partial charge in [0.25, 0.3) is 0 Å². The molecule has 0 saturated carbocycles. The first-order chi connectivity index (χ1) is 16.7. The van der Waals surface area contributed by atoms with Gasteiger partial charge in [0, 0.05) is 55.4 Å². The van der Waals surface area contributed by atoms with E-state index >= 15 is 0 Å². The summed E-state index contributed by atoms with van der Waals surface area (Å²) in [5, 5.41) is 14.8. The second-order valence-corrected chi connectivity index (χ2v) is 8.61. The van der Waals surface area contributed by atoms with Crippen LogP contribution < -0.4 is 10.1 Å². The van der Waals surface area contributed by atoms with Crippen LogP contribution in [-0.4, -0.2) is 51.9 Å². The molecular weight excluding hydrogens is 428 g/mol. The van der Waals surface area contributed by atoms with E-state index in [1.807, 2.05) is 48.7 Å². The van der Waals surface area contributed by atoms with Crippen LogP contribution in [0.4, 0.5) is 0 Å². The maximum absolute atomic E-state index is 13.1. The van der Waals surface area contributed by atoms with E-state index in [0.717, 1.165) is 54.0 Å². The van der Waals surface area contributed by atoms with Crippen LogP contribution in [0.5, 0.6) is 11.5 Å². The SMILES string of the molecule is O=C1C(=Cc2c[nH]c3nc(-c4ccccc4)ccc23)Oc2c1ccc(O)c2CN1CCNCC1. The van der Waals surface area contributed by atoms with Crippen LogP contribution in [0.25, 0.3) is 28.4 Å². The van der Waals surface area contributed by atoms with E-state index in [1.165, 1.54) is 0 Å². The fraction of sp³-hybridized carbons (Fsp3) is 0.185. The predicted molar refractivity (Wildman–Crippen MR) is 131 cm³/mol. The maximum Gasteiger partial charge on any atom is 0.231 e. The molecule has 0 radical (unpaired) electrons. The smallest absolute Gasteiger partial charge is 0.231 e. The molecule has 0 atom stereocenters. The number of ketones is 1. The summed E-state index contributed by atoms with van der Waals surface area (Å²) in [6, 6.07) is 17.2. The third-order valence-electron chi connectivity index (χ3n) is 6.43. The van der Waals surface area contributed by atoms with Gasteiger partial charge in [0.1, 0.15) is 17.1 Å². The van der Waals surface area contributed by atoms with Crippen LogP contribution in [0.15, 0.2) is 66.6 Å². The monoisotopic (exact) mass is 452 g/mol. The minimum Gasteiger partial charge on any atom is -0.507 e. The van der Waals surface area contributed by atoms with Crippen molar-refractivity contribution in [2.75, 3.05) is 26.2 Å². The number of aromatic nitrogens is 2. The van der Waals surface area contributed by atoms with Crippen molar-refractivity contribution < 1.29 is 14.6 Å². The number of nitrogens with one attached hydrogen (secondary N) is 2. The lowest BCUT2D eigenvalue weighted by Crippen LogP contribution is -2.42. The molecule has 4 aromatic rings. The second kappa shape index (κ2) is 8.44. The zero-order valence-electron chi connectivity index (χ0n) is 18.5. The number of carbonyl (C=O) groups is 1. The first-order valence-corrected chi connectivity index (χ1v) is 11.4. The fourth-order valence-corrected chi connectivity index (χ4v) is 4.60. The van der Waals surface area contributed by atoms with Crippen molar-refractivity contribution in [3.8, 4) is 22.8 Å². The number of pyridine rings is 1. The van der Waals surface area contributed by atoms with Gasteiger partial charge in [-0.25, -0.2) is 4.98 Å². The Morgan fingerprint density at radius 1 is 1.06 bits per heavy atom. The van der Waals surface area contributed by atoms with Crippen LogP contribution in [0.1, 0.15) is 21.5 Å². The highest BCUT2D eigenvalue weighted by atomic mass is 16.5. The number of hydrogen-bond donors (Lipinski definition) is 3. The van der Waals surface area contributed by atoms with Gasteiger partial charge in [-0.1, -0.05) is 30.3 Å². The molecule has 1 fully saturated rings. The maximum atomic E-state index is 13.1. The molecule has 4 heterocycles. The molecule has 0 bridgehead atoms. The number of aromatic amines is 1. The average molecular weight is 453 g/mol. The van der Waals surface area contributed by atoms with Gasteiger partial charge in [-0.15, -0.1) is 0 Å². The quantitative estimate of drug-likeness (QED) is 0.406. The first-order valence-electron chi connectivity index (χ1n) is 11.4. The molecule has 170 valence electrons. The number of H-pyrrole nitrogens is 1. The molecule has 2 aliphatic rings. The normalized spacial score (nSPS) is 17.3. The van der Waals surface area contributed by atoms with Crippen molar-refractivity contribution in [1.82, 2.24) is 20.2 Å². The van der Waals surface area contributed by atoms with Gasteiger partial charge in [-0.2, -0.15) is 0 Å². The minimum absolute atomic E-state index is 0.149. The van der Waals surface area contributed by atoms with Gasteiger partial charge < -0.3 is 20.1 Å². The molecule has 0 unspecified atom stereocenters. The lowest BCUT2D eigenvalue weighted by atomic mass is 10.0. The van der Waals surface area contributed by atoms with E-state index in [2.05, 4.69) is 15.2 Å². The number of hydrogen-bond acceptors (Lipinski definition) is 6. The molecule has 1 saturated heterocycles. The van der Waals surface area contributed by atoms with E-state index in [1.54, 1.807) is 18.2 Å². The number of ether oxygens (including phenoxy) is 1. The Morgan fingerprint density at radius 3 is 2.71 bits per heavy atom. The summed E-state index contributed by atoms with van der Waals surface area (Å²) in [4.78, 5) is 23.3. The average Bonchev–Trinajstić information content (AvgIpc) is 3.42. The van der Waals surface area contributed by atoms with Gasteiger partial charge in [0.05, 0.1) is 16.8 Å². The lowest BCUT2D eigenvalue weighted by Gasteiger charge is -2.27. The Labute approximate surface area is 196 Å². The summed E-state index contributed by atoms with van der Waals surface area (Å²) in [6.07, 6.45) is 3.58. The van der Waals surface area contributed by atoms with Crippen molar-refractivity contribution in [3.63, 3.8) is 0 Å². The molecule has 3 N–H and O–H groups in total. The summed E-state index contributed by atoms with van der Waals surface area (Å²) in [6.45, 7) is 4.11. The molecule has 7 nitrogen and oxygen atoms in total. The third kappa shape index (κ3) is 3.65. The standard InChI is InChI=1S/C27H24N4O3/c32-23-9-7-20-25(33)24(34-26(20)21(23)16-31-12-10-28-11-13-31)14-18-15-29-27-19(18)6-8-22(30-27)17-4-2-1-3-5-17/h1-9,14-15,28,32H,10-13,16H2,(H,29,30). The summed E-state index contributed by atoms with van der Waals surface area (Å²) < 4.78 is 6.06. The topological polar surface area (TPSA) is 90.5 Å². The second-order valence-electron chi connectivity index (χ2n) is 8.61. The van der Waals surface area contributed by atoms with E-state index < -0.39 is 0 Å². The van der Waals surface area contributed by atoms with E-state index in [4.69, 9.17) is 9.72 Å². The number of piperazine rings is 1. The highest BCUT2D eigenvalue weighted by molar-refractivity contribution is 6.15. The van der Waals surface area contributed by atoms with Gasteiger partial charge in [-0.05, 0) is 30.3 Å².